The maximum absolute atomic E-state index is 12.9. The Morgan fingerprint density at radius 1 is 1.03 bits per heavy atom. The van der Waals surface area contributed by atoms with Gasteiger partial charge in [0.1, 0.15) is 6.17 Å². The van der Waals surface area contributed by atoms with Crippen molar-refractivity contribution in [1.82, 2.24) is 14.8 Å². The number of fused-ring (bicyclic) bond motifs is 3. The lowest BCUT2D eigenvalue weighted by Crippen LogP contribution is -2.32. The van der Waals surface area contributed by atoms with E-state index in [9.17, 15) is 14.7 Å². The van der Waals surface area contributed by atoms with E-state index in [1.54, 1.807) is 28.9 Å². The smallest absolute Gasteiger partial charge is 0.335 e. The number of carboxylic acids is 1. The largest absolute Gasteiger partial charge is 0.478 e. The van der Waals surface area contributed by atoms with Crippen molar-refractivity contribution >= 4 is 27.6 Å². The Bertz CT molecular complexity index is 1370. The number of aromatic nitrogens is 3. The summed E-state index contributed by atoms with van der Waals surface area (Å²) in [5.41, 5.74) is 3.04. The van der Waals surface area contributed by atoms with Crippen molar-refractivity contribution in [3.63, 3.8) is 0 Å². The first-order valence-corrected chi connectivity index (χ1v) is 10.3. The minimum absolute atomic E-state index is 0.195. The minimum Gasteiger partial charge on any atom is -0.478 e. The SMILES string of the molecule is O=C(O)c1ccc([C@H]2Nc3ccc(Br)cc3-c3nc(=O)c(-c4ccccc4)nn32)cc1. The Morgan fingerprint density at radius 2 is 1.77 bits per heavy atom. The normalized spacial score (nSPS) is 14.3. The van der Waals surface area contributed by atoms with Crippen LogP contribution in [-0.4, -0.2) is 25.8 Å². The summed E-state index contributed by atoms with van der Waals surface area (Å²) in [5, 5.41) is 17.3. The van der Waals surface area contributed by atoms with E-state index in [1.807, 2.05) is 48.5 Å². The molecule has 1 atom stereocenters. The zero-order valence-corrected chi connectivity index (χ0v) is 17.6. The Hall–Kier alpha value is -3.78. The highest BCUT2D eigenvalue weighted by molar-refractivity contribution is 9.10. The van der Waals surface area contributed by atoms with Crippen LogP contribution in [0.5, 0.6) is 0 Å². The molecular formula is C23H15BrN4O3. The quantitative estimate of drug-likeness (QED) is 0.456. The zero-order chi connectivity index (χ0) is 21.5. The molecule has 1 aliphatic heterocycles. The van der Waals surface area contributed by atoms with Crippen molar-refractivity contribution in [1.29, 1.82) is 0 Å². The summed E-state index contributed by atoms with van der Waals surface area (Å²) in [7, 11) is 0. The predicted molar refractivity (Wildman–Crippen MR) is 120 cm³/mol. The van der Waals surface area contributed by atoms with Gasteiger partial charge in [0.15, 0.2) is 11.5 Å². The van der Waals surface area contributed by atoms with Crippen LogP contribution in [-0.2, 0) is 0 Å². The molecule has 3 aromatic carbocycles. The average molecular weight is 475 g/mol. The first-order valence-electron chi connectivity index (χ1n) is 9.47. The number of anilines is 1. The molecule has 2 N–H and O–H groups in total. The van der Waals surface area contributed by atoms with Crippen LogP contribution in [0.25, 0.3) is 22.6 Å². The van der Waals surface area contributed by atoms with Crippen LogP contribution in [0.3, 0.4) is 0 Å². The molecule has 7 nitrogen and oxygen atoms in total. The summed E-state index contributed by atoms with van der Waals surface area (Å²) >= 11 is 3.47. The topological polar surface area (TPSA) is 97.1 Å². The summed E-state index contributed by atoms with van der Waals surface area (Å²) in [5.74, 6) is -0.555. The molecule has 152 valence electrons. The second-order valence-corrected chi connectivity index (χ2v) is 7.98. The van der Waals surface area contributed by atoms with Gasteiger partial charge in [-0.3, -0.25) is 4.79 Å². The maximum atomic E-state index is 12.9. The summed E-state index contributed by atoms with van der Waals surface area (Å²) in [6, 6.07) is 21.4. The number of benzene rings is 3. The fourth-order valence-electron chi connectivity index (χ4n) is 3.61. The number of hydrogen-bond donors (Lipinski definition) is 2. The third-order valence-corrected chi connectivity index (χ3v) is 5.61. The van der Waals surface area contributed by atoms with Crippen molar-refractivity contribution in [3.8, 4) is 22.6 Å². The molecule has 31 heavy (non-hydrogen) atoms. The summed E-state index contributed by atoms with van der Waals surface area (Å²) in [6.07, 6.45) is -0.470. The summed E-state index contributed by atoms with van der Waals surface area (Å²) in [4.78, 5) is 28.5. The van der Waals surface area contributed by atoms with Gasteiger partial charge in [-0.1, -0.05) is 58.4 Å². The van der Waals surface area contributed by atoms with E-state index < -0.39 is 17.7 Å². The van der Waals surface area contributed by atoms with Crippen molar-refractivity contribution in [2.24, 2.45) is 0 Å². The molecule has 0 aliphatic carbocycles. The second kappa shape index (κ2) is 7.48. The van der Waals surface area contributed by atoms with Crippen LogP contribution >= 0.6 is 15.9 Å². The number of halogens is 1. The molecular weight excluding hydrogens is 460 g/mol. The van der Waals surface area contributed by atoms with Gasteiger partial charge in [-0.05, 0) is 35.9 Å². The number of hydrogen-bond acceptors (Lipinski definition) is 5. The van der Waals surface area contributed by atoms with Gasteiger partial charge in [-0.15, -0.1) is 0 Å². The molecule has 0 fully saturated rings. The van der Waals surface area contributed by atoms with Gasteiger partial charge in [0.25, 0.3) is 5.56 Å². The Kier molecular flexibility index (Phi) is 4.63. The monoisotopic (exact) mass is 474 g/mol. The van der Waals surface area contributed by atoms with Crippen LogP contribution in [0.1, 0.15) is 22.1 Å². The van der Waals surface area contributed by atoms with Gasteiger partial charge in [-0.25, -0.2) is 9.48 Å². The zero-order valence-electron chi connectivity index (χ0n) is 16.0. The molecule has 2 heterocycles. The third kappa shape index (κ3) is 3.40. The van der Waals surface area contributed by atoms with E-state index in [1.165, 1.54) is 0 Å². The van der Waals surface area contributed by atoms with E-state index in [0.29, 0.717) is 11.4 Å². The van der Waals surface area contributed by atoms with Gasteiger partial charge < -0.3 is 10.4 Å². The van der Waals surface area contributed by atoms with Gasteiger partial charge in [0.05, 0.1) is 5.56 Å². The highest BCUT2D eigenvalue weighted by Crippen LogP contribution is 2.38. The van der Waals surface area contributed by atoms with Crippen LogP contribution in [0.4, 0.5) is 5.69 Å². The van der Waals surface area contributed by atoms with Crippen molar-refractivity contribution in [2.75, 3.05) is 5.32 Å². The number of carbonyl (C=O) groups is 1. The van der Waals surface area contributed by atoms with Crippen molar-refractivity contribution in [2.45, 2.75) is 6.17 Å². The maximum Gasteiger partial charge on any atom is 0.335 e. The standard InChI is InChI=1S/C23H15BrN4O3/c24-16-10-11-18-17(12-16)21-26-22(29)19(13-4-2-1-3-5-13)27-28(21)20(25-18)14-6-8-15(9-7-14)23(30)31/h1-12,20,25H,(H,30,31)/t20-/m0/s1. The number of nitrogens with one attached hydrogen (secondary N) is 1. The minimum atomic E-state index is -0.992. The lowest BCUT2D eigenvalue weighted by atomic mass is 10.0. The second-order valence-electron chi connectivity index (χ2n) is 7.06. The number of aromatic carboxylic acids is 1. The van der Waals surface area contributed by atoms with Gasteiger partial charge in [0.2, 0.25) is 0 Å². The molecule has 1 aromatic heterocycles. The molecule has 4 aromatic rings. The van der Waals surface area contributed by atoms with Crippen molar-refractivity contribution < 1.29 is 9.90 Å². The predicted octanol–water partition coefficient (Wildman–Crippen LogP) is 4.41. The van der Waals surface area contributed by atoms with Crippen molar-refractivity contribution in [3.05, 3.63) is 98.7 Å². The summed E-state index contributed by atoms with van der Waals surface area (Å²) < 4.78 is 2.53. The lowest BCUT2D eigenvalue weighted by Gasteiger charge is -2.30. The molecule has 0 bridgehead atoms. The molecule has 8 heteroatoms. The summed E-state index contributed by atoms with van der Waals surface area (Å²) in [6.45, 7) is 0. The molecule has 0 radical (unpaired) electrons. The van der Waals surface area contributed by atoms with Crippen LogP contribution in [0.15, 0.2) is 82.1 Å². The van der Waals surface area contributed by atoms with E-state index in [2.05, 4.69) is 31.3 Å². The highest BCUT2D eigenvalue weighted by Gasteiger charge is 2.28. The first-order chi connectivity index (χ1) is 15.0. The number of carboxylic acid groups (broad SMARTS) is 1. The van der Waals surface area contributed by atoms with Crippen LogP contribution < -0.4 is 10.9 Å². The lowest BCUT2D eigenvalue weighted by molar-refractivity contribution is 0.0697. The number of nitrogens with zero attached hydrogens (tertiary/aromatic N) is 3. The Labute approximate surface area is 185 Å². The van der Waals surface area contributed by atoms with Gasteiger partial charge >= 0.3 is 5.97 Å². The average Bonchev–Trinajstić information content (AvgIpc) is 2.79. The van der Waals surface area contributed by atoms with E-state index >= 15 is 0 Å². The fraction of sp³-hybridized carbons (Fsp3) is 0.0435. The molecule has 0 saturated heterocycles. The molecule has 0 unspecified atom stereocenters. The fourth-order valence-corrected chi connectivity index (χ4v) is 3.97. The molecule has 1 aliphatic rings. The van der Waals surface area contributed by atoms with Crippen LogP contribution in [0.2, 0.25) is 0 Å². The number of rotatable bonds is 3. The Morgan fingerprint density at radius 3 is 2.48 bits per heavy atom. The highest BCUT2D eigenvalue weighted by atomic mass is 79.9. The molecule has 5 rings (SSSR count). The molecule has 0 spiro atoms. The third-order valence-electron chi connectivity index (χ3n) is 5.11. The Balaban J connectivity index is 1.73. The first kappa shape index (κ1) is 19.2. The van der Waals surface area contributed by atoms with Gasteiger partial charge in [-0.2, -0.15) is 10.1 Å². The van der Waals surface area contributed by atoms with E-state index in [-0.39, 0.29) is 11.3 Å². The van der Waals surface area contributed by atoms with Gasteiger partial charge in [0, 0.05) is 21.3 Å². The molecule has 0 saturated carbocycles. The van der Waals surface area contributed by atoms with E-state index in [0.717, 1.165) is 21.3 Å². The van der Waals surface area contributed by atoms with Crippen LogP contribution in [0, 0.1) is 0 Å². The van der Waals surface area contributed by atoms with E-state index in [4.69, 9.17) is 0 Å². The molecule has 0 amide bonds.